The second kappa shape index (κ2) is 10.6. The van der Waals surface area contributed by atoms with Gasteiger partial charge in [-0.3, -0.25) is 9.79 Å². The predicted molar refractivity (Wildman–Crippen MR) is 112 cm³/mol. The average molecular weight is 496 g/mol. The molecule has 1 aromatic carbocycles. The molecule has 0 aromatic heterocycles. The zero-order chi connectivity index (χ0) is 18.3. The number of halogens is 1. The number of hydrogen-bond donors (Lipinski definition) is 3. The fourth-order valence-corrected chi connectivity index (χ4v) is 4.19. The third-order valence-electron chi connectivity index (χ3n) is 3.83. The standard InChI is InChI=1S/C16H24N4O4S.HI/c1-17-16(20-13-6-9-25(22,23)11-13)19-8-7-18-15(21)12-4-3-5-14(10-12)24-2;/h3-5,10,13H,6-9,11H2,1-2H3,(H,18,21)(H2,17,19,20);1H. The normalized spacial score (nSPS) is 18.5. The summed E-state index contributed by atoms with van der Waals surface area (Å²) in [6.45, 7) is 0.870. The molecule has 8 nitrogen and oxygen atoms in total. The average Bonchev–Trinajstić information content (AvgIpc) is 2.95. The number of hydrogen-bond acceptors (Lipinski definition) is 5. The number of nitrogens with zero attached hydrogens (tertiary/aromatic N) is 1. The van der Waals surface area contributed by atoms with E-state index in [2.05, 4.69) is 20.9 Å². The summed E-state index contributed by atoms with van der Waals surface area (Å²) in [6.07, 6.45) is 0.579. The largest absolute Gasteiger partial charge is 0.497 e. The van der Waals surface area contributed by atoms with Gasteiger partial charge in [-0.15, -0.1) is 24.0 Å². The van der Waals surface area contributed by atoms with E-state index in [-0.39, 0.29) is 47.4 Å². The van der Waals surface area contributed by atoms with E-state index in [1.807, 2.05) is 0 Å². The highest BCUT2D eigenvalue weighted by molar-refractivity contribution is 14.0. The maximum atomic E-state index is 12.1. The maximum Gasteiger partial charge on any atom is 0.251 e. The first-order chi connectivity index (χ1) is 11.9. The van der Waals surface area contributed by atoms with Gasteiger partial charge >= 0.3 is 0 Å². The summed E-state index contributed by atoms with van der Waals surface area (Å²) in [4.78, 5) is 16.1. The lowest BCUT2D eigenvalue weighted by Gasteiger charge is -2.16. The van der Waals surface area contributed by atoms with Gasteiger partial charge in [0.25, 0.3) is 5.91 Å². The van der Waals surface area contributed by atoms with Crippen LogP contribution in [0, 0.1) is 0 Å². The van der Waals surface area contributed by atoms with Crippen LogP contribution in [0.1, 0.15) is 16.8 Å². The molecule has 26 heavy (non-hydrogen) atoms. The zero-order valence-electron chi connectivity index (χ0n) is 14.8. The number of methoxy groups -OCH3 is 1. The summed E-state index contributed by atoms with van der Waals surface area (Å²) < 4.78 is 28.0. The third kappa shape index (κ3) is 6.98. The number of sulfone groups is 1. The van der Waals surface area contributed by atoms with Crippen molar-refractivity contribution in [2.75, 3.05) is 38.8 Å². The minimum absolute atomic E-state index is 0. The van der Waals surface area contributed by atoms with Crippen LogP contribution in [0.3, 0.4) is 0 Å². The number of guanidine groups is 1. The van der Waals surface area contributed by atoms with E-state index in [1.165, 1.54) is 0 Å². The molecular weight excluding hydrogens is 471 g/mol. The molecule has 1 saturated heterocycles. The Labute approximate surface area is 171 Å². The Morgan fingerprint density at radius 3 is 2.65 bits per heavy atom. The van der Waals surface area contributed by atoms with E-state index < -0.39 is 9.84 Å². The topological polar surface area (TPSA) is 109 Å². The molecule has 0 saturated carbocycles. The van der Waals surface area contributed by atoms with Crippen LogP contribution >= 0.6 is 24.0 Å². The van der Waals surface area contributed by atoms with E-state index in [0.29, 0.717) is 36.8 Å². The van der Waals surface area contributed by atoms with Gasteiger partial charge in [-0.1, -0.05) is 6.07 Å². The Morgan fingerprint density at radius 2 is 2.04 bits per heavy atom. The van der Waals surface area contributed by atoms with Crippen molar-refractivity contribution in [3.8, 4) is 5.75 Å². The van der Waals surface area contributed by atoms with Crippen molar-refractivity contribution in [2.45, 2.75) is 12.5 Å². The fourth-order valence-electron chi connectivity index (χ4n) is 2.52. The molecule has 3 N–H and O–H groups in total. The van der Waals surface area contributed by atoms with Crippen LogP contribution in [0.25, 0.3) is 0 Å². The van der Waals surface area contributed by atoms with Gasteiger partial charge in [0.1, 0.15) is 5.75 Å². The molecule has 2 rings (SSSR count). The summed E-state index contributed by atoms with van der Waals surface area (Å²) in [5.74, 6) is 1.29. The van der Waals surface area contributed by atoms with Crippen molar-refractivity contribution in [3.05, 3.63) is 29.8 Å². The van der Waals surface area contributed by atoms with Gasteiger partial charge in [0.05, 0.1) is 18.6 Å². The molecule has 1 aromatic rings. The minimum atomic E-state index is -2.93. The van der Waals surface area contributed by atoms with Crippen LogP contribution in [0.2, 0.25) is 0 Å². The van der Waals surface area contributed by atoms with Gasteiger partial charge in [0.15, 0.2) is 15.8 Å². The van der Waals surface area contributed by atoms with Gasteiger partial charge in [-0.05, 0) is 24.6 Å². The Kier molecular flexibility index (Phi) is 9.13. The first kappa shape index (κ1) is 22.5. The van der Waals surface area contributed by atoms with E-state index in [0.717, 1.165) is 0 Å². The number of benzene rings is 1. The number of amides is 1. The first-order valence-electron chi connectivity index (χ1n) is 8.03. The summed E-state index contributed by atoms with van der Waals surface area (Å²) >= 11 is 0. The number of rotatable bonds is 6. The minimum Gasteiger partial charge on any atom is -0.497 e. The molecule has 0 aliphatic carbocycles. The Balaban J connectivity index is 0.00000338. The highest BCUT2D eigenvalue weighted by Gasteiger charge is 2.28. The zero-order valence-corrected chi connectivity index (χ0v) is 18.0. The second-order valence-corrected chi connectivity index (χ2v) is 7.96. The third-order valence-corrected chi connectivity index (χ3v) is 5.60. The summed E-state index contributed by atoms with van der Waals surface area (Å²) in [6, 6.07) is 6.79. The van der Waals surface area contributed by atoms with Gasteiger partial charge in [0.2, 0.25) is 0 Å². The number of carbonyl (C=O) groups is 1. The highest BCUT2D eigenvalue weighted by Crippen LogP contribution is 2.12. The van der Waals surface area contributed by atoms with E-state index in [9.17, 15) is 13.2 Å². The number of aliphatic imine (C=N–C) groups is 1. The molecule has 1 unspecified atom stereocenters. The van der Waals surface area contributed by atoms with E-state index >= 15 is 0 Å². The molecule has 0 radical (unpaired) electrons. The molecule has 10 heteroatoms. The summed E-state index contributed by atoms with van der Waals surface area (Å²) in [5, 5.41) is 8.95. The van der Waals surface area contributed by atoms with Gasteiger partial charge in [-0.25, -0.2) is 8.42 Å². The van der Waals surface area contributed by atoms with E-state index in [4.69, 9.17) is 4.74 Å². The number of carbonyl (C=O) groups excluding carboxylic acids is 1. The van der Waals surface area contributed by atoms with Crippen molar-refractivity contribution in [3.63, 3.8) is 0 Å². The Bertz CT molecular complexity index is 740. The lowest BCUT2D eigenvalue weighted by molar-refractivity contribution is 0.0954. The molecule has 1 aliphatic rings. The van der Waals surface area contributed by atoms with Crippen LogP contribution in [0.4, 0.5) is 0 Å². The van der Waals surface area contributed by atoms with Gasteiger partial charge in [0, 0.05) is 31.7 Å². The van der Waals surface area contributed by atoms with Crippen molar-refractivity contribution < 1.29 is 17.9 Å². The summed E-state index contributed by atoms with van der Waals surface area (Å²) in [5.41, 5.74) is 0.526. The van der Waals surface area contributed by atoms with Crippen LogP contribution in [0.15, 0.2) is 29.3 Å². The lowest BCUT2D eigenvalue weighted by Crippen LogP contribution is -2.46. The second-order valence-electron chi connectivity index (χ2n) is 5.73. The quantitative estimate of drug-likeness (QED) is 0.228. The monoisotopic (exact) mass is 496 g/mol. The molecule has 1 heterocycles. The fraction of sp³-hybridized carbons (Fsp3) is 0.500. The van der Waals surface area contributed by atoms with Crippen molar-refractivity contribution in [1.82, 2.24) is 16.0 Å². The SMILES string of the molecule is CN=C(NCCNC(=O)c1cccc(OC)c1)NC1CCS(=O)(=O)C1.I. The Morgan fingerprint density at radius 1 is 1.31 bits per heavy atom. The number of nitrogens with one attached hydrogen (secondary N) is 3. The van der Waals surface area contributed by atoms with Crippen LogP contribution in [0.5, 0.6) is 5.75 Å². The van der Waals surface area contributed by atoms with Crippen molar-refractivity contribution in [2.24, 2.45) is 4.99 Å². The molecule has 1 atom stereocenters. The van der Waals surface area contributed by atoms with Crippen LogP contribution in [-0.2, 0) is 9.84 Å². The van der Waals surface area contributed by atoms with Crippen LogP contribution in [-0.4, -0.2) is 65.1 Å². The Hall–Kier alpha value is -1.56. The van der Waals surface area contributed by atoms with E-state index in [1.54, 1.807) is 38.4 Å². The number of ether oxygens (including phenoxy) is 1. The van der Waals surface area contributed by atoms with Crippen molar-refractivity contribution in [1.29, 1.82) is 0 Å². The molecule has 0 bridgehead atoms. The van der Waals surface area contributed by atoms with Gasteiger partial charge in [-0.2, -0.15) is 0 Å². The predicted octanol–water partition coefficient (Wildman–Crippen LogP) is 0.395. The smallest absolute Gasteiger partial charge is 0.251 e. The lowest BCUT2D eigenvalue weighted by atomic mass is 10.2. The molecule has 0 spiro atoms. The first-order valence-corrected chi connectivity index (χ1v) is 9.85. The van der Waals surface area contributed by atoms with Gasteiger partial charge < -0.3 is 20.7 Å². The molecule has 146 valence electrons. The molecule has 1 aliphatic heterocycles. The van der Waals surface area contributed by atoms with Crippen LogP contribution < -0.4 is 20.7 Å². The molecule has 1 fully saturated rings. The van der Waals surface area contributed by atoms with Crippen molar-refractivity contribution >= 4 is 45.7 Å². The summed E-state index contributed by atoms with van der Waals surface area (Å²) in [7, 11) is 0.235. The molecular formula is C16H25IN4O4S. The maximum absolute atomic E-state index is 12.1. The molecule has 1 amide bonds. The highest BCUT2D eigenvalue weighted by atomic mass is 127.